The first-order valence-corrected chi connectivity index (χ1v) is 8.73. The number of ether oxygens (including phenoxy) is 2. The first-order valence-electron chi connectivity index (χ1n) is 8.73. The Hall–Kier alpha value is -1.72. The maximum Gasteiger partial charge on any atom is 0.132 e. The van der Waals surface area contributed by atoms with Crippen molar-refractivity contribution in [1.29, 1.82) is 0 Å². The van der Waals surface area contributed by atoms with E-state index in [1.165, 1.54) is 55.6 Å². The highest BCUT2D eigenvalue weighted by Crippen LogP contribution is 2.35. The monoisotopic (exact) mass is 331 g/mol. The van der Waals surface area contributed by atoms with E-state index in [4.69, 9.17) is 9.47 Å². The molecule has 0 unspecified atom stereocenters. The Balaban J connectivity index is 1.72. The van der Waals surface area contributed by atoms with E-state index in [0.29, 0.717) is 0 Å². The maximum atomic E-state index is 5.62. The summed E-state index contributed by atoms with van der Waals surface area (Å²) >= 11 is 0. The van der Waals surface area contributed by atoms with Crippen LogP contribution in [0.1, 0.15) is 12.0 Å². The fraction of sp³-hybridized carbons (Fsp3) is 0.579. The van der Waals surface area contributed by atoms with Gasteiger partial charge in [0.1, 0.15) is 11.5 Å². The topological polar surface area (TPSA) is 29.9 Å². The van der Waals surface area contributed by atoms with Gasteiger partial charge in [-0.05, 0) is 32.0 Å². The molecule has 0 radical (unpaired) electrons. The van der Waals surface area contributed by atoms with Gasteiger partial charge in [-0.2, -0.15) is 0 Å². The lowest BCUT2D eigenvalue weighted by Gasteiger charge is -2.32. The van der Waals surface area contributed by atoms with Crippen LogP contribution in [-0.4, -0.2) is 68.4 Å². The first kappa shape index (κ1) is 17.1. The smallest absolute Gasteiger partial charge is 0.132 e. The zero-order valence-electron chi connectivity index (χ0n) is 15.3. The van der Waals surface area contributed by atoms with Gasteiger partial charge in [-0.25, -0.2) is 0 Å². The zero-order valence-corrected chi connectivity index (χ0v) is 15.3. The second kappa shape index (κ2) is 7.45. The van der Waals surface area contributed by atoms with Crippen molar-refractivity contribution >= 4 is 10.9 Å². The van der Waals surface area contributed by atoms with Gasteiger partial charge >= 0.3 is 0 Å². The Bertz CT molecular complexity index is 687. The minimum absolute atomic E-state index is 0.838. The third kappa shape index (κ3) is 3.52. The molecule has 1 fully saturated rings. The van der Waals surface area contributed by atoms with E-state index in [0.717, 1.165) is 17.9 Å². The second-order valence-electron chi connectivity index (χ2n) is 6.74. The molecule has 1 saturated heterocycles. The van der Waals surface area contributed by atoms with Crippen LogP contribution in [-0.2, 0) is 13.5 Å². The van der Waals surface area contributed by atoms with Crippen LogP contribution in [0.2, 0.25) is 0 Å². The first-order chi connectivity index (χ1) is 11.6. The van der Waals surface area contributed by atoms with Gasteiger partial charge in [0.2, 0.25) is 0 Å². The molecule has 5 nitrogen and oxygen atoms in total. The molecule has 0 amide bonds. The van der Waals surface area contributed by atoms with Crippen LogP contribution in [0.15, 0.2) is 18.3 Å². The molecule has 0 aliphatic carbocycles. The Labute approximate surface area is 144 Å². The average molecular weight is 331 g/mol. The molecule has 1 aliphatic heterocycles. The van der Waals surface area contributed by atoms with Gasteiger partial charge in [0.15, 0.2) is 0 Å². The van der Waals surface area contributed by atoms with Crippen LogP contribution < -0.4 is 9.47 Å². The summed E-state index contributed by atoms with van der Waals surface area (Å²) in [5.74, 6) is 1.74. The Kier molecular flexibility index (Phi) is 5.31. The number of benzene rings is 1. The maximum absolute atomic E-state index is 5.62. The number of aryl methyl sites for hydroxylation is 2. The number of methoxy groups -OCH3 is 2. The van der Waals surface area contributed by atoms with Gasteiger partial charge in [-0.1, -0.05) is 0 Å². The number of hydrogen-bond donors (Lipinski definition) is 0. The van der Waals surface area contributed by atoms with Crippen LogP contribution in [0, 0.1) is 0 Å². The predicted molar refractivity (Wildman–Crippen MR) is 98.3 cm³/mol. The van der Waals surface area contributed by atoms with Crippen LogP contribution in [0.3, 0.4) is 0 Å². The van der Waals surface area contributed by atoms with Crippen LogP contribution in [0.4, 0.5) is 0 Å². The molecular formula is C19H29N3O2. The number of nitrogens with zero attached hydrogens (tertiary/aromatic N) is 3. The van der Waals surface area contributed by atoms with Crippen molar-refractivity contribution in [2.24, 2.45) is 7.05 Å². The average Bonchev–Trinajstić information content (AvgIpc) is 2.92. The predicted octanol–water partition coefficient (Wildman–Crippen LogP) is 2.38. The summed E-state index contributed by atoms with van der Waals surface area (Å²) in [6.45, 7) is 5.91. The van der Waals surface area contributed by atoms with E-state index < -0.39 is 0 Å². The van der Waals surface area contributed by atoms with Crippen molar-refractivity contribution in [2.75, 3.05) is 54.0 Å². The van der Waals surface area contributed by atoms with E-state index in [-0.39, 0.29) is 0 Å². The molecular weight excluding hydrogens is 302 g/mol. The van der Waals surface area contributed by atoms with Crippen molar-refractivity contribution in [2.45, 2.75) is 12.8 Å². The Morgan fingerprint density at radius 1 is 1.00 bits per heavy atom. The summed E-state index contributed by atoms with van der Waals surface area (Å²) in [6.07, 6.45) is 4.49. The van der Waals surface area contributed by atoms with E-state index in [1.54, 1.807) is 14.2 Å². The standard InChI is InChI=1S/C19H29N3O2/c1-20-8-10-22(11-9-20)7-5-6-15-14-21(2)17-12-16(23-3)13-18(24-4)19(15)17/h12-14H,5-11H2,1-4H3. The van der Waals surface area contributed by atoms with Crippen molar-refractivity contribution in [3.8, 4) is 11.5 Å². The number of piperazine rings is 1. The largest absolute Gasteiger partial charge is 0.497 e. The molecule has 0 bridgehead atoms. The molecule has 1 aromatic heterocycles. The molecule has 24 heavy (non-hydrogen) atoms. The van der Waals surface area contributed by atoms with Gasteiger partial charge in [0.05, 0.1) is 19.7 Å². The molecule has 132 valence electrons. The lowest BCUT2D eigenvalue weighted by Crippen LogP contribution is -2.44. The number of fused-ring (bicyclic) bond motifs is 1. The van der Waals surface area contributed by atoms with Gasteiger partial charge < -0.3 is 23.8 Å². The van der Waals surface area contributed by atoms with E-state index in [9.17, 15) is 0 Å². The summed E-state index contributed by atoms with van der Waals surface area (Å²) in [4.78, 5) is 4.98. The second-order valence-corrected chi connectivity index (χ2v) is 6.74. The molecule has 3 rings (SSSR count). The Morgan fingerprint density at radius 3 is 2.42 bits per heavy atom. The molecule has 5 heteroatoms. The van der Waals surface area contributed by atoms with Gasteiger partial charge in [0, 0.05) is 56.9 Å². The fourth-order valence-corrected chi connectivity index (χ4v) is 3.58. The quantitative estimate of drug-likeness (QED) is 0.813. The third-order valence-electron chi connectivity index (χ3n) is 5.08. The summed E-state index contributed by atoms with van der Waals surface area (Å²) in [5.41, 5.74) is 2.53. The number of rotatable bonds is 6. The van der Waals surface area contributed by atoms with Gasteiger partial charge in [0.25, 0.3) is 0 Å². The Morgan fingerprint density at radius 2 is 1.75 bits per heavy atom. The van der Waals surface area contributed by atoms with Crippen LogP contribution >= 0.6 is 0 Å². The van der Waals surface area contributed by atoms with Crippen molar-refractivity contribution < 1.29 is 9.47 Å². The highest BCUT2D eigenvalue weighted by Gasteiger charge is 2.16. The lowest BCUT2D eigenvalue weighted by atomic mass is 10.1. The molecule has 2 aromatic rings. The summed E-state index contributed by atoms with van der Waals surface area (Å²) in [6, 6.07) is 4.06. The summed E-state index contributed by atoms with van der Waals surface area (Å²) in [7, 11) is 7.72. The molecule has 0 spiro atoms. The molecule has 0 atom stereocenters. The summed E-state index contributed by atoms with van der Waals surface area (Å²) < 4.78 is 13.2. The number of likely N-dealkylation sites (N-methyl/N-ethyl adjacent to an activating group) is 1. The number of aromatic nitrogens is 1. The van der Waals surface area contributed by atoms with Gasteiger partial charge in [-0.3, -0.25) is 0 Å². The lowest BCUT2D eigenvalue weighted by molar-refractivity contribution is 0.153. The van der Waals surface area contributed by atoms with Crippen molar-refractivity contribution in [3.05, 3.63) is 23.9 Å². The highest BCUT2D eigenvalue weighted by atomic mass is 16.5. The van der Waals surface area contributed by atoms with E-state index in [1.807, 2.05) is 6.07 Å². The molecule has 1 aromatic carbocycles. The minimum atomic E-state index is 0.838. The van der Waals surface area contributed by atoms with Gasteiger partial charge in [-0.15, -0.1) is 0 Å². The minimum Gasteiger partial charge on any atom is -0.497 e. The van der Waals surface area contributed by atoms with Crippen LogP contribution in [0.25, 0.3) is 10.9 Å². The van der Waals surface area contributed by atoms with Crippen LogP contribution in [0.5, 0.6) is 11.5 Å². The number of hydrogen-bond acceptors (Lipinski definition) is 4. The zero-order chi connectivity index (χ0) is 17.1. The van der Waals surface area contributed by atoms with Crippen molar-refractivity contribution in [3.63, 3.8) is 0 Å². The molecule has 0 N–H and O–H groups in total. The summed E-state index contributed by atoms with van der Waals surface area (Å²) in [5, 5.41) is 1.22. The highest BCUT2D eigenvalue weighted by molar-refractivity contribution is 5.91. The van der Waals surface area contributed by atoms with E-state index in [2.05, 4.69) is 40.7 Å². The fourth-order valence-electron chi connectivity index (χ4n) is 3.58. The SMILES string of the molecule is COc1cc(OC)c2c(CCCN3CCN(C)CC3)cn(C)c2c1. The van der Waals surface area contributed by atoms with E-state index >= 15 is 0 Å². The third-order valence-corrected chi connectivity index (χ3v) is 5.08. The molecule has 2 heterocycles. The molecule has 1 aliphatic rings. The molecule has 0 saturated carbocycles. The normalized spacial score (nSPS) is 16.7. The van der Waals surface area contributed by atoms with Crippen molar-refractivity contribution in [1.82, 2.24) is 14.4 Å².